The summed E-state index contributed by atoms with van der Waals surface area (Å²) in [5.74, 6) is 0. The third-order valence-electron chi connectivity index (χ3n) is 8.37. The topological polar surface area (TPSA) is 0 Å². The molecule has 0 atom stereocenters. The minimum Gasteiger partial charge on any atom is -0.0620 e. The first-order chi connectivity index (χ1) is 21.6. The maximum Gasteiger partial charge on any atom is 0.0969 e. The van der Waals surface area contributed by atoms with E-state index in [1.165, 1.54) is 64.2 Å². The van der Waals surface area contributed by atoms with Crippen molar-refractivity contribution in [2.24, 2.45) is 0 Å². The monoisotopic (exact) mass is 1070 g/mol. The van der Waals surface area contributed by atoms with E-state index in [1.54, 1.807) is 40.0 Å². The molecule has 0 nitrogen and oxygen atoms in total. The molecular weight excluding hydrogens is 1030 g/mol. The molecule has 244 valence electrons. The summed E-state index contributed by atoms with van der Waals surface area (Å²) >= 11 is -0.0185. The minimum absolute atomic E-state index is 0.600. The van der Waals surface area contributed by atoms with Gasteiger partial charge in [-0.1, -0.05) is 85.6 Å². The van der Waals surface area contributed by atoms with Gasteiger partial charge in [-0.25, -0.2) is 0 Å². The van der Waals surface area contributed by atoms with Gasteiger partial charge in [-0.05, 0) is 99.9 Å². The second-order valence-electron chi connectivity index (χ2n) is 11.1. The Morgan fingerprint density at radius 3 is 0.864 bits per heavy atom. The Morgan fingerprint density at radius 2 is 0.659 bits per heavy atom. The first kappa shape index (κ1) is 38.7. The van der Waals surface area contributed by atoms with E-state index < -0.39 is 30.0 Å². The third kappa shape index (κ3) is 13.8. The molecule has 44 heavy (non-hydrogen) atoms. The molecule has 4 aromatic carbocycles. The quantitative estimate of drug-likeness (QED) is 0.169. The van der Waals surface area contributed by atoms with Gasteiger partial charge in [0.25, 0.3) is 0 Å². The van der Waals surface area contributed by atoms with Crippen LogP contribution in [0.25, 0.3) is 0 Å². The first-order valence-electron chi connectivity index (χ1n) is 15.4. The Hall–Kier alpha value is 0.277. The van der Waals surface area contributed by atoms with Crippen LogP contribution in [-0.2, 0) is 33.0 Å². The van der Waals surface area contributed by atoms with Gasteiger partial charge in [0.1, 0.15) is 0 Å². The van der Waals surface area contributed by atoms with E-state index >= 15 is 0 Å². The van der Waals surface area contributed by atoms with Crippen LogP contribution in [0.4, 0.5) is 0 Å². The summed E-state index contributed by atoms with van der Waals surface area (Å²) in [4.78, 5) is 0. The fourth-order valence-corrected chi connectivity index (χ4v) is 13.3. The van der Waals surface area contributed by atoms with Gasteiger partial charge >= 0.3 is 70.6 Å². The van der Waals surface area contributed by atoms with E-state index in [4.69, 9.17) is 9.42 Å². The van der Waals surface area contributed by atoms with Crippen molar-refractivity contribution in [3.8, 4) is 0 Å². The molecule has 6 rings (SSSR count). The van der Waals surface area contributed by atoms with Gasteiger partial charge in [0.15, 0.2) is 0 Å². The predicted octanol–water partition coefficient (Wildman–Crippen LogP) is 9.21. The molecule has 0 unspecified atom stereocenters. The van der Waals surface area contributed by atoms with E-state index in [-0.39, 0.29) is 0 Å². The molecule has 0 bridgehead atoms. The van der Waals surface area contributed by atoms with E-state index in [2.05, 4.69) is 150 Å². The molecule has 0 saturated heterocycles. The molecule has 2 fully saturated rings. The zero-order chi connectivity index (χ0) is 31.4. The predicted molar refractivity (Wildman–Crippen MR) is 189 cm³/mol. The third-order valence-corrected chi connectivity index (χ3v) is 15.0. The molecule has 0 amide bonds. The average Bonchev–Trinajstić information content (AvgIpc) is 3.09. The van der Waals surface area contributed by atoms with Crippen molar-refractivity contribution in [1.29, 1.82) is 0 Å². The van der Waals surface area contributed by atoms with Crippen molar-refractivity contribution in [3.63, 3.8) is 0 Å². The molecule has 0 aliphatic heterocycles. The second-order valence-corrected chi connectivity index (χ2v) is 27.6. The van der Waals surface area contributed by atoms with Gasteiger partial charge in [-0.3, -0.25) is 0 Å². The van der Waals surface area contributed by atoms with Crippen LogP contribution in [0.15, 0.2) is 121 Å². The molecule has 2 aliphatic rings. The van der Waals surface area contributed by atoms with Crippen molar-refractivity contribution < 1.29 is 51.8 Å². The minimum atomic E-state index is -1.63. The Kier molecular flexibility index (Phi) is 20.7. The smallest absolute Gasteiger partial charge is 0.0620 e. The molecule has 2 saturated carbocycles. The molecule has 0 radical (unpaired) electrons. The van der Waals surface area contributed by atoms with Crippen molar-refractivity contribution in [3.05, 3.63) is 121 Å². The maximum absolute atomic E-state index is 5.06. The van der Waals surface area contributed by atoms with Gasteiger partial charge < -0.3 is 0 Å². The summed E-state index contributed by atoms with van der Waals surface area (Å²) in [5.41, 5.74) is 1.84. The fourth-order valence-electron chi connectivity index (χ4n) is 6.53. The SMILES string of the molecule is [Cl][Pt].[Cl][Pt]([ClH+])[ClH+].c1ccc([PH+](c2ccccc2)C2CCCCC2)cc1.c1ccc([PH+](c2ccccc2)C2CCCCC2)cc1. The van der Waals surface area contributed by atoms with Crippen molar-refractivity contribution >= 4 is 55.9 Å². The van der Waals surface area contributed by atoms with Crippen LogP contribution in [0.3, 0.4) is 0 Å². The Labute approximate surface area is 301 Å². The van der Waals surface area contributed by atoms with Crippen LogP contribution in [-0.4, -0.2) is 11.3 Å². The average molecular weight is 1070 g/mol. The van der Waals surface area contributed by atoms with Crippen LogP contribution in [0, 0.1) is 18.8 Å². The van der Waals surface area contributed by atoms with Gasteiger partial charge in [-0.15, -0.1) is 0 Å². The molecule has 0 N–H and O–H groups in total. The molecule has 4 aromatic rings. The second kappa shape index (κ2) is 23.6. The van der Waals surface area contributed by atoms with E-state index in [9.17, 15) is 0 Å². The molecule has 0 aromatic heterocycles. The van der Waals surface area contributed by atoms with Crippen molar-refractivity contribution in [1.82, 2.24) is 0 Å². The maximum atomic E-state index is 5.06. The van der Waals surface area contributed by atoms with Gasteiger partial charge in [0.2, 0.25) is 0 Å². The van der Waals surface area contributed by atoms with E-state index in [0.717, 1.165) is 11.3 Å². The number of hydrogen-bond donors (Lipinski definition) is 0. The summed E-state index contributed by atoms with van der Waals surface area (Å²) in [6.07, 6.45) is 14.3. The van der Waals surface area contributed by atoms with Crippen molar-refractivity contribution in [2.45, 2.75) is 75.5 Å². The van der Waals surface area contributed by atoms with Gasteiger partial charge in [0.05, 0.1) is 48.4 Å². The summed E-state index contributed by atoms with van der Waals surface area (Å²) in [6, 6.07) is 44.9. The molecule has 2 aliphatic carbocycles. The Balaban J connectivity index is 0.000000205. The largest absolute Gasteiger partial charge is 0.0969 e. The van der Waals surface area contributed by atoms with Crippen LogP contribution >= 0.6 is 34.7 Å². The molecular formula is C36H46Cl4P2Pt2+4. The van der Waals surface area contributed by atoms with Crippen LogP contribution in [0.1, 0.15) is 64.2 Å². The standard InChI is InChI=1S/2C18H21P.4ClH.2Pt/c2*1-4-10-16(11-5-1)19(17-12-6-2-7-13-17)18-14-8-3-9-15-18;;;;;;/h2*1-2,4-7,10-13,18H,3,8-9,14-15H2;4*1H;;/q;;;;;;+1;+3. The number of halogens is 4. The zero-order valence-electron chi connectivity index (χ0n) is 25.0. The van der Waals surface area contributed by atoms with Crippen molar-refractivity contribution in [2.75, 3.05) is 0 Å². The Bertz CT molecular complexity index is 1060. The first-order valence-corrected chi connectivity index (χ1v) is 30.2. The number of rotatable bonds is 6. The molecule has 8 heteroatoms. The normalized spacial score (nSPS) is 15.6. The summed E-state index contributed by atoms with van der Waals surface area (Å²) in [5, 5.41) is 6.35. The summed E-state index contributed by atoms with van der Waals surface area (Å²) < 4.78 is 0. The Morgan fingerprint density at radius 1 is 0.455 bits per heavy atom. The molecule has 0 spiro atoms. The summed E-state index contributed by atoms with van der Waals surface area (Å²) in [6.45, 7) is 0. The molecule has 0 heterocycles. The fraction of sp³-hybridized carbons (Fsp3) is 0.333. The number of hydrogen-bond acceptors (Lipinski definition) is 0. The van der Waals surface area contributed by atoms with Crippen LogP contribution in [0.5, 0.6) is 0 Å². The van der Waals surface area contributed by atoms with Gasteiger partial charge in [-0.2, -0.15) is 0 Å². The van der Waals surface area contributed by atoms with Crippen LogP contribution in [0.2, 0.25) is 0 Å². The summed E-state index contributed by atoms with van der Waals surface area (Å²) in [7, 11) is 17.2. The number of benzene rings is 4. The zero-order valence-corrected chi connectivity index (χ0v) is 34.7. The van der Waals surface area contributed by atoms with Gasteiger partial charge in [0, 0.05) is 0 Å². The van der Waals surface area contributed by atoms with Crippen LogP contribution < -0.4 is 21.2 Å². The van der Waals surface area contributed by atoms with E-state index in [0.29, 0.717) is 0 Å². The van der Waals surface area contributed by atoms with E-state index in [1.807, 2.05) is 0 Å².